The highest BCUT2D eigenvalue weighted by Crippen LogP contribution is 2.24. The van der Waals surface area contributed by atoms with Gasteiger partial charge in [-0.1, -0.05) is 24.6 Å². The lowest BCUT2D eigenvalue weighted by molar-refractivity contribution is 0.235. The van der Waals surface area contributed by atoms with E-state index in [0.29, 0.717) is 30.9 Å². The standard InChI is InChI=1S/C21H26N4O3S/c1-23-19-9-4-3-7-16(19)15-18(21(23)26)20-22-11-14-24(20)13-10-17-8-5-6-12-25(17)29(2,27)28/h3-4,7,9,11,14-15,17H,5-6,8,10,12-13H2,1-2H3. The molecule has 1 unspecified atom stereocenters. The van der Waals surface area contributed by atoms with Crippen LogP contribution in [0.4, 0.5) is 0 Å². The van der Waals surface area contributed by atoms with E-state index >= 15 is 0 Å². The molecule has 1 aromatic carbocycles. The molecule has 1 aliphatic heterocycles. The van der Waals surface area contributed by atoms with Crippen molar-refractivity contribution < 1.29 is 8.42 Å². The van der Waals surface area contributed by atoms with Crippen LogP contribution < -0.4 is 5.56 Å². The van der Waals surface area contributed by atoms with E-state index in [1.165, 1.54) is 6.26 Å². The number of fused-ring (bicyclic) bond motifs is 1. The Morgan fingerprint density at radius 2 is 2.00 bits per heavy atom. The van der Waals surface area contributed by atoms with Gasteiger partial charge < -0.3 is 9.13 Å². The van der Waals surface area contributed by atoms with E-state index in [-0.39, 0.29) is 11.6 Å². The molecule has 0 N–H and O–H groups in total. The monoisotopic (exact) mass is 414 g/mol. The molecule has 2 aromatic heterocycles. The van der Waals surface area contributed by atoms with Crippen LogP contribution in [0.5, 0.6) is 0 Å². The molecule has 0 amide bonds. The highest BCUT2D eigenvalue weighted by Gasteiger charge is 2.29. The van der Waals surface area contributed by atoms with Crippen LogP contribution >= 0.6 is 0 Å². The van der Waals surface area contributed by atoms with Gasteiger partial charge >= 0.3 is 0 Å². The maximum Gasteiger partial charge on any atom is 0.261 e. The van der Waals surface area contributed by atoms with Crippen LogP contribution in [0, 0.1) is 0 Å². The second-order valence-corrected chi connectivity index (χ2v) is 9.67. The minimum absolute atomic E-state index is 0.00608. The summed E-state index contributed by atoms with van der Waals surface area (Å²) < 4.78 is 29.5. The molecule has 29 heavy (non-hydrogen) atoms. The Balaban J connectivity index is 1.64. The van der Waals surface area contributed by atoms with Gasteiger partial charge in [0.25, 0.3) is 5.56 Å². The van der Waals surface area contributed by atoms with Gasteiger partial charge in [0.05, 0.1) is 17.3 Å². The van der Waals surface area contributed by atoms with Gasteiger partial charge in [-0.2, -0.15) is 4.31 Å². The molecule has 1 fully saturated rings. The minimum Gasteiger partial charge on any atom is -0.331 e. The Morgan fingerprint density at radius 3 is 2.79 bits per heavy atom. The number of nitrogens with zero attached hydrogens (tertiary/aromatic N) is 4. The summed E-state index contributed by atoms with van der Waals surface area (Å²) in [6.07, 6.45) is 8.36. The summed E-state index contributed by atoms with van der Waals surface area (Å²) in [7, 11) is -1.44. The van der Waals surface area contributed by atoms with Crippen LogP contribution in [0.2, 0.25) is 0 Å². The van der Waals surface area contributed by atoms with Gasteiger partial charge in [0.2, 0.25) is 10.0 Å². The summed E-state index contributed by atoms with van der Waals surface area (Å²) in [5, 5.41) is 0.981. The summed E-state index contributed by atoms with van der Waals surface area (Å²) in [4.78, 5) is 17.4. The number of piperidine rings is 1. The molecular weight excluding hydrogens is 388 g/mol. The van der Waals surface area contributed by atoms with Gasteiger partial charge in [-0.15, -0.1) is 0 Å². The van der Waals surface area contributed by atoms with Crippen molar-refractivity contribution in [1.82, 2.24) is 18.4 Å². The van der Waals surface area contributed by atoms with Crippen LogP contribution in [-0.2, 0) is 23.6 Å². The van der Waals surface area contributed by atoms with Crippen molar-refractivity contribution in [2.24, 2.45) is 7.05 Å². The van der Waals surface area contributed by atoms with Crippen molar-refractivity contribution in [1.29, 1.82) is 0 Å². The van der Waals surface area contributed by atoms with Crippen molar-refractivity contribution in [3.8, 4) is 11.4 Å². The number of pyridine rings is 1. The highest BCUT2D eigenvalue weighted by molar-refractivity contribution is 7.88. The van der Waals surface area contributed by atoms with E-state index in [1.807, 2.05) is 41.1 Å². The van der Waals surface area contributed by atoms with E-state index in [4.69, 9.17) is 0 Å². The Hall–Kier alpha value is -2.45. The third-order valence-electron chi connectivity index (χ3n) is 5.79. The van der Waals surface area contributed by atoms with E-state index < -0.39 is 10.0 Å². The average Bonchev–Trinajstić information content (AvgIpc) is 3.17. The summed E-state index contributed by atoms with van der Waals surface area (Å²) >= 11 is 0. The topological polar surface area (TPSA) is 77.2 Å². The number of aromatic nitrogens is 3. The Labute approximate surface area is 170 Å². The maximum absolute atomic E-state index is 12.9. The van der Waals surface area contributed by atoms with E-state index in [9.17, 15) is 13.2 Å². The number of sulfonamides is 1. The van der Waals surface area contributed by atoms with Crippen LogP contribution in [-0.4, -0.2) is 45.7 Å². The van der Waals surface area contributed by atoms with Crippen molar-refractivity contribution >= 4 is 20.9 Å². The van der Waals surface area contributed by atoms with Crippen molar-refractivity contribution in [3.63, 3.8) is 0 Å². The van der Waals surface area contributed by atoms with Gasteiger partial charge in [0, 0.05) is 38.6 Å². The van der Waals surface area contributed by atoms with Crippen molar-refractivity contribution in [3.05, 3.63) is 53.1 Å². The Morgan fingerprint density at radius 1 is 1.21 bits per heavy atom. The third kappa shape index (κ3) is 3.86. The molecule has 1 saturated heterocycles. The second-order valence-electron chi connectivity index (χ2n) is 7.74. The lowest BCUT2D eigenvalue weighted by Gasteiger charge is -2.33. The quantitative estimate of drug-likeness (QED) is 0.643. The molecular formula is C21H26N4O3S. The maximum atomic E-state index is 12.9. The molecule has 1 atom stereocenters. The number of hydrogen-bond acceptors (Lipinski definition) is 4. The van der Waals surface area contributed by atoms with E-state index in [1.54, 1.807) is 22.1 Å². The van der Waals surface area contributed by atoms with Gasteiger partial charge in [-0.05, 0) is 36.8 Å². The van der Waals surface area contributed by atoms with Crippen molar-refractivity contribution in [2.75, 3.05) is 12.8 Å². The zero-order chi connectivity index (χ0) is 20.6. The molecule has 0 saturated carbocycles. The molecule has 4 rings (SSSR count). The molecule has 0 aliphatic carbocycles. The Bertz CT molecular complexity index is 1200. The number of benzene rings is 1. The van der Waals surface area contributed by atoms with Gasteiger partial charge in [-0.25, -0.2) is 13.4 Å². The summed E-state index contributed by atoms with van der Waals surface area (Å²) in [6.45, 7) is 1.20. The first-order valence-electron chi connectivity index (χ1n) is 9.93. The molecule has 0 radical (unpaired) electrons. The third-order valence-corrected chi connectivity index (χ3v) is 7.12. The molecule has 7 nitrogen and oxygen atoms in total. The van der Waals surface area contributed by atoms with Crippen LogP contribution in [0.3, 0.4) is 0 Å². The first-order valence-corrected chi connectivity index (χ1v) is 11.8. The summed E-state index contributed by atoms with van der Waals surface area (Å²) in [6, 6.07) is 9.66. The molecule has 8 heteroatoms. The smallest absolute Gasteiger partial charge is 0.261 e. The van der Waals surface area contributed by atoms with Crippen molar-refractivity contribution in [2.45, 2.75) is 38.3 Å². The number of para-hydroxylation sites is 1. The van der Waals surface area contributed by atoms with Gasteiger partial charge in [-0.3, -0.25) is 4.79 Å². The molecule has 0 spiro atoms. The zero-order valence-electron chi connectivity index (χ0n) is 16.8. The van der Waals surface area contributed by atoms with Crippen LogP contribution in [0.25, 0.3) is 22.3 Å². The lowest BCUT2D eigenvalue weighted by atomic mass is 10.0. The normalized spacial score (nSPS) is 18.3. The van der Waals surface area contributed by atoms with Crippen LogP contribution in [0.15, 0.2) is 47.5 Å². The number of rotatable bonds is 5. The zero-order valence-corrected chi connectivity index (χ0v) is 17.6. The first-order chi connectivity index (χ1) is 13.9. The lowest BCUT2D eigenvalue weighted by Crippen LogP contribution is -2.43. The number of hydrogen-bond donors (Lipinski definition) is 0. The number of aryl methyl sites for hydroxylation is 2. The molecule has 3 heterocycles. The minimum atomic E-state index is -3.21. The van der Waals surface area contributed by atoms with E-state index in [0.717, 1.165) is 30.2 Å². The first kappa shape index (κ1) is 19.8. The SMILES string of the molecule is Cn1c(=O)c(-c2nccn2CCC2CCCCN2S(C)(=O)=O)cc2ccccc21. The fourth-order valence-corrected chi connectivity index (χ4v) is 5.52. The second kappa shape index (κ2) is 7.76. The average molecular weight is 415 g/mol. The summed E-state index contributed by atoms with van der Waals surface area (Å²) in [5.41, 5.74) is 1.34. The molecule has 1 aliphatic rings. The Kier molecular flexibility index (Phi) is 5.31. The molecule has 0 bridgehead atoms. The van der Waals surface area contributed by atoms with E-state index in [2.05, 4.69) is 4.98 Å². The molecule has 3 aromatic rings. The predicted molar refractivity (Wildman–Crippen MR) is 114 cm³/mol. The number of imidazole rings is 1. The predicted octanol–water partition coefficient (Wildman–Crippen LogP) is 2.61. The largest absolute Gasteiger partial charge is 0.331 e. The van der Waals surface area contributed by atoms with Gasteiger partial charge in [0.1, 0.15) is 5.82 Å². The fourth-order valence-electron chi connectivity index (χ4n) is 4.30. The summed E-state index contributed by atoms with van der Waals surface area (Å²) in [5.74, 6) is 0.623. The highest BCUT2D eigenvalue weighted by atomic mass is 32.2. The fraction of sp³-hybridized carbons (Fsp3) is 0.429. The van der Waals surface area contributed by atoms with Crippen LogP contribution in [0.1, 0.15) is 25.7 Å². The van der Waals surface area contributed by atoms with Gasteiger partial charge in [0.15, 0.2) is 0 Å². The molecule has 154 valence electrons.